The van der Waals surface area contributed by atoms with Gasteiger partial charge in [0.05, 0.1) is 6.61 Å². The fourth-order valence-electron chi connectivity index (χ4n) is 1.49. The van der Waals surface area contributed by atoms with Crippen LogP contribution in [0.5, 0.6) is 5.75 Å². The first-order valence-electron chi connectivity index (χ1n) is 5.82. The second-order valence-corrected chi connectivity index (χ2v) is 4.14. The van der Waals surface area contributed by atoms with Crippen LogP contribution in [0.4, 0.5) is 0 Å². The first-order chi connectivity index (χ1) is 8.24. The second-order valence-electron chi connectivity index (χ2n) is 4.14. The van der Waals surface area contributed by atoms with Crippen molar-refractivity contribution in [2.75, 3.05) is 19.8 Å². The lowest BCUT2D eigenvalue weighted by Crippen LogP contribution is -2.22. The average Bonchev–Trinajstić information content (AvgIpc) is 3.11. The van der Waals surface area contributed by atoms with Crippen LogP contribution in [0.15, 0.2) is 24.3 Å². The van der Waals surface area contributed by atoms with E-state index in [-0.39, 0.29) is 12.0 Å². The van der Waals surface area contributed by atoms with Crippen LogP contribution in [0, 0.1) is 0 Å². The van der Waals surface area contributed by atoms with Crippen LogP contribution in [0.25, 0.3) is 0 Å². The molecule has 1 saturated heterocycles. The van der Waals surface area contributed by atoms with E-state index in [0.29, 0.717) is 13.2 Å². The lowest BCUT2D eigenvalue weighted by Gasteiger charge is -2.06. The number of rotatable bonds is 6. The van der Waals surface area contributed by atoms with Crippen LogP contribution in [-0.4, -0.2) is 31.8 Å². The van der Waals surface area contributed by atoms with Crippen molar-refractivity contribution in [2.45, 2.75) is 19.4 Å². The highest BCUT2D eigenvalue weighted by Gasteiger charge is 2.22. The maximum Gasteiger partial charge on any atom is 0.216 e. The third-order valence-corrected chi connectivity index (χ3v) is 2.55. The molecule has 1 N–H and O–H groups in total. The van der Waals surface area contributed by atoms with Gasteiger partial charge in [-0.2, -0.15) is 0 Å². The lowest BCUT2D eigenvalue weighted by molar-refractivity contribution is -0.118. The Balaban J connectivity index is 1.73. The fraction of sp³-hybridized carbons (Fsp3) is 0.462. The number of amides is 1. The van der Waals surface area contributed by atoms with E-state index in [1.54, 1.807) is 0 Å². The summed E-state index contributed by atoms with van der Waals surface area (Å²) >= 11 is 0. The zero-order chi connectivity index (χ0) is 12.1. The van der Waals surface area contributed by atoms with Crippen LogP contribution in [-0.2, 0) is 16.0 Å². The number of benzene rings is 1. The minimum Gasteiger partial charge on any atom is -0.491 e. The molecule has 0 aliphatic carbocycles. The number of carbonyl (C=O) groups is 1. The molecule has 0 spiro atoms. The third kappa shape index (κ3) is 4.44. The van der Waals surface area contributed by atoms with Crippen LogP contribution in [0.2, 0.25) is 0 Å². The number of hydrogen-bond donors (Lipinski definition) is 1. The summed E-state index contributed by atoms with van der Waals surface area (Å²) in [4.78, 5) is 10.7. The summed E-state index contributed by atoms with van der Waals surface area (Å²) < 4.78 is 10.6. The van der Waals surface area contributed by atoms with Crippen LogP contribution < -0.4 is 10.1 Å². The predicted octanol–water partition coefficient (Wildman–Crippen LogP) is 1.14. The van der Waals surface area contributed by atoms with Crippen molar-refractivity contribution in [1.82, 2.24) is 5.32 Å². The van der Waals surface area contributed by atoms with Crippen molar-refractivity contribution < 1.29 is 14.3 Å². The summed E-state index contributed by atoms with van der Waals surface area (Å²) in [6.07, 6.45) is 1.13. The summed E-state index contributed by atoms with van der Waals surface area (Å²) in [5.41, 5.74) is 1.19. The number of hydrogen-bond acceptors (Lipinski definition) is 3. The van der Waals surface area contributed by atoms with E-state index in [0.717, 1.165) is 18.8 Å². The standard InChI is InChI=1S/C13H17NO3/c1-10(15)14-7-6-11-2-4-12(5-3-11)16-8-13-9-17-13/h2-5,13H,6-9H2,1H3,(H,14,15). The Morgan fingerprint density at radius 1 is 1.47 bits per heavy atom. The Morgan fingerprint density at radius 3 is 2.76 bits per heavy atom. The maximum absolute atomic E-state index is 10.7. The summed E-state index contributed by atoms with van der Waals surface area (Å²) in [5, 5.41) is 2.77. The maximum atomic E-state index is 10.7. The normalized spacial score (nSPS) is 17.6. The molecule has 17 heavy (non-hydrogen) atoms. The molecule has 1 amide bonds. The predicted molar refractivity (Wildman–Crippen MR) is 64.1 cm³/mol. The zero-order valence-electron chi connectivity index (χ0n) is 9.94. The molecule has 4 nitrogen and oxygen atoms in total. The van der Waals surface area contributed by atoms with Crippen LogP contribution in [0.3, 0.4) is 0 Å². The van der Waals surface area contributed by atoms with Gasteiger partial charge >= 0.3 is 0 Å². The molecule has 2 rings (SSSR count). The SMILES string of the molecule is CC(=O)NCCc1ccc(OCC2CO2)cc1. The molecule has 4 heteroatoms. The zero-order valence-corrected chi connectivity index (χ0v) is 9.94. The Labute approximate surface area is 101 Å². The van der Waals surface area contributed by atoms with Gasteiger partial charge in [-0.1, -0.05) is 12.1 Å². The highest BCUT2D eigenvalue weighted by atomic mass is 16.6. The van der Waals surface area contributed by atoms with Crippen molar-refractivity contribution in [3.63, 3.8) is 0 Å². The average molecular weight is 235 g/mol. The molecule has 1 aromatic carbocycles. The van der Waals surface area contributed by atoms with Crippen molar-refractivity contribution in [2.24, 2.45) is 0 Å². The second kappa shape index (κ2) is 5.68. The van der Waals surface area contributed by atoms with E-state index >= 15 is 0 Å². The molecule has 1 heterocycles. The summed E-state index contributed by atoms with van der Waals surface area (Å²) in [7, 11) is 0. The number of nitrogens with one attached hydrogen (secondary N) is 1. The highest BCUT2D eigenvalue weighted by Crippen LogP contribution is 2.15. The van der Waals surface area contributed by atoms with Crippen LogP contribution >= 0.6 is 0 Å². The molecule has 0 radical (unpaired) electrons. The number of carbonyl (C=O) groups excluding carboxylic acids is 1. The monoisotopic (exact) mass is 235 g/mol. The van der Waals surface area contributed by atoms with Gasteiger partial charge in [0, 0.05) is 13.5 Å². The minimum atomic E-state index is 0.00869. The van der Waals surface area contributed by atoms with E-state index in [1.165, 1.54) is 12.5 Å². The van der Waals surface area contributed by atoms with E-state index in [1.807, 2.05) is 24.3 Å². The summed E-state index contributed by atoms with van der Waals surface area (Å²) in [6.45, 7) is 3.64. The molecule has 0 bridgehead atoms. The van der Waals surface area contributed by atoms with Crippen molar-refractivity contribution >= 4 is 5.91 Å². The third-order valence-electron chi connectivity index (χ3n) is 2.55. The molecule has 1 aliphatic heterocycles. The molecule has 0 saturated carbocycles. The molecule has 1 unspecified atom stereocenters. The van der Waals surface area contributed by atoms with Gasteiger partial charge in [0.25, 0.3) is 0 Å². The molecular weight excluding hydrogens is 218 g/mol. The van der Waals surface area contributed by atoms with E-state index in [4.69, 9.17) is 9.47 Å². The molecule has 0 aromatic heterocycles. The Hall–Kier alpha value is -1.55. The van der Waals surface area contributed by atoms with E-state index < -0.39 is 0 Å². The van der Waals surface area contributed by atoms with Gasteiger partial charge in [-0.25, -0.2) is 0 Å². The molecule has 1 fully saturated rings. The smallest absolute Gasteiger partial charge is 0.216 e. The van der Waals surface area contributed by atoms with Crippen molar-refractivity contribution in [3.8, 4) is 5.75 Å². The van der Waals surface area contributed by atoms with Gasteiger partial charge in [-0.15, -0.1) is 0 Å². The fourth-order valence-corrected chi connectivity index (χ4v) is 1.49. The molecule has 92 valence electrons. The summed E-state index contributed by atoms with van der Waals surface area (Å²) in [6, 6.07) is 7.94. The van der Waals surface area contributed by atoms with Gasteiger partial charge < -0.3 is 14.8 Å². The lowest BCUT2D eigenvalue weighted by atomic mass is 10.1. The quantitative estimate of drug-likeness (QED) is 0.752. The van der Waals surface area contributed by atoms with Crippen molar-refractivity contribution in [1.29, 1.82) is 0 Å². The van der Waals surface area contributed by atoms with Gasteiger partial charge in [-0.05, 0) is 24.1 Å². The van der Waals surface area contributed by atoms with Gasteiger partial charge in [0.2, 0.25) is 5.91 Å². The summed E-state index contributed by atoms with van der Waals surface area (Å²) in [5.74, 6) is 0.873. The molecule has 1 aliphatic rings. The van der Waals surface area contributed by atoms with E-state index in [2.05, 4.69) is 5.32 Å². The molecule has 1 aromatic rings. The largest absolute Gasteiger partial charge is 0.491 e. The Bertz CT molecular complexity index is 371. The van der Waals surface area contributed by atoms with Gasteiger partial charge in [-0.3, -0.25) is 4.79 Å². The number of ether oxygens (including phenoxy) is 2. The first kappa shape index (κ1) is 11.9. The van der Waals surface area contributed by atoms with Crippen molar-refractivity contribution in [3.05, 3.63) is 29.8 Å². The molecular formula is C13H17NO3. The first-order valence-corrected chi connectivity index (χ1v) is 5.82. The van der Waals surface area contributed by atoms with Crippen LogP contribution in [0.1, 0.15) is 12.5 Å². The van der Waals surface area contributed by atoms with Gasteiger partial charge in [0.1, 0.15) is 18.5 Å². The molecule has 1 atom stereocenters. The van der Waals surface area contributed by atoms with E-state index in [9.17, 15) is 4.79 Å². The number of epoxide rings is 1. The Morgan fingerprint density at radius 2 is 2.18 bits per heavy atom. The minimum absolute atomic E-state index is 0.00869. The van der Waals surface area contributed by atoms with Gasteiger partial charge in [0.15, 0.2) is 0 Å². The Kier molecular flexibility index (Phi) is 3.98. The highest BCUT2D eigenvalue weighted by molar-refractivity contribution is 5.72. The topological polar surface area (TPSA) is 50.9 Å².